The van der Waals surface area contributed by atoms with E-state index in [9.17, 15) is 4.39 Å². The van der Waals surface area contributed by atoms with Gasteiger partial charge in [-0.2, -0.15) is 4.98 Å². The maximum absolute atomic E-state index is 13.6. The predicted molar refractivity (Wildman–Crippen MR) is 95.1 cm³/mol. The summed E-state index contributed by atoms with van der Waals surface area (Å²) >= 11 is 0. The van der Waals surface area contributed by atoms with E-state index in [0.717, 1.165) is 5.56 Å². The molecule has 130 valence electrons. The van der Waals surface area contributed by atoms with E-state index in [0.29, 0.717) is 34.9 Å². The topological polar surface area (TPSA) is 76.7 Å². The average molecular weight is 349 g/mol. The second kappa shape index (κ2) is 6.87. The molecule has 4 aromatic rings. The van der Waals surface area contributed by atoms with Crippen molar-refractivity contribution >= 4 is 16.7 Å². The van der Waals surface area contributed by atoms with Crippen LogP contribution >= 0.6 is 0 Å². The van der Waals surface area contributed by atoms with Gasteiger partial charge in [0.1, 0.15) is 18.0 Å². The van der Waals surface area contributed by atoms with Crippen LogP contribution in [0, 0.1) is 5.82 Å². The van der Waals surface area contributed by atoms with E-state index in [1.54, 1.807) is 6.07 Å². The van der Waals surface area contributed by atoms with Crippen molar-refractivity contribution in [3.05, 3.63) is 78.0 Å². The molecule has 0 spiro atoms. The van der Waals surface area contributed by atoms with Crippen LogP contribution in [0.2, 0.25) is 0 Å². The van der Waals surface area contributed by atoms with Crippen molar-refractivity contribution in [3.63, 3.8) is 0 Å². The van der Waals surface area contributed by atoms with Crippen LogP contribution in [0.3, 0.4) is 0 Å². The second-order valence-electron chi connectivity index (χ2n) is 5.96. The Balaban J connectivity index is 1.54. The molecule has 0 amide bonds. The normalized spacial score (nSPS) is 12.2. The number of anilines is 1. The van der Waals surface area contributed by atoms with Crippen molar-refractivity contribution in [2.45, 2.75) is 19.4 Å². The zero-order valence-corrected chi connectivity index (χ0v) is 14.1. The van der Waals surface area contributed by atoms with Gasteiger partial charge in [-0.3, -0.25) is 0 Å². The Bertz CT molecular complexity index is 1030. The van der Waals surface area contributed by atoms with Gasteiger partial charge < -0.3 is 9.84 Å². The van der Waals surface area contributed by atoms with Crippen LogP contribution in [0.5, 0.6) is 0 Å². The highest BCUT2D eigenvalue weighted by atomic mass is 19.1. The van der Waals surface area contributed by atoms with E-state index in [4.69, 9.17) is 4.52 Å². The van der Waals surface area contributed by atoms with Crippen LogP contribution in [-0.4, -0.2) is 20.1 Å². The summed E-state index contributed by atoms with van der Waals surface area (Å²) < 4.78 is 18.9. The molecule has 0 aliphatic carbocycles. The van der Waals surface area contributed by atoms with Crippen molar-refractivity contribution in [1.29, 1.82) is 0 Å². The Morgan fingerprint density at radius 1 is 1.12 bits per heavy atom. The highest BCUT2D eigenvalue weighted by molar-refractivity contribution is 5.88. The predicted octanol–water partition coefficient (Wildman–Crippen LogP) is 3.92. The first-order valence-corrected chi connectivity index (χ1v) is 8.22. The third-order valence-electron chi connectivity index (χ3n) is 4.02. The van der Waals surface area contributed by atoms with Crippen LogP contribution < -0.4 is 5.32 Å². The molecule has 0 bridgehead atoms. The molecular formula is C19H16FN5O. The largest absolute Gasteiger partial charge is 0.360 e. The molecule has 7 heteroatoms. The van der Waals surface area contributed by atoms with Crippen molar-refractivity contribution in [2.75, 3.05) is 5.32 Å². The van der Waals surface area contributed by atoms with Crippen LogP contribution in [0.1, 0.15) is 30.2 Å². The summed E-state index contributed by atoms with van der Waals surface area (Å²) in [5.74, 6) is 1.24. The second-order valence-corrected chi connectivity index (χ2v) is 5.96. The summed E-state index contributed by atoms with van der Waals surface area (Å²) in [7, 11) is 0. The first kappa shape index (κ1) is 16.1. The molecule has 6 nitrogen and oxygen atoms in total. The molecule has 0 unspecified atom stereocenters. The third-order valence-corrected chi connectivity index (χ3v) is 4.02. The number of halogens is 1. The van der Waals surface area contributed by atoms with Crippen LogP contribution in [-0.2, 0) is 6.42 Å². The third kappa shape index (κ3) is 3.37. The lowest BCUT2D eigenvalue weighted by molar-refractivity contribution is 0.377. The summed E-state index contributed by atoms with van der Waals surface area (Å²) in [6.45, 7) is 1.89. The Hall–Kier alpha value is -3.35. The van der Waals surface area contributed by atoms with Crippen LogP contribution in [0.4, 0.5) is 10.2 Å². The van der Waals surface area contributed by atoms with E-state index in [1.165, 1.54) is 18.5 Å². The minimum absolute atomic E-state index is 0.260. The summed E-state index contributed by atoms with van der Waals surface area (Å²) in [5.41, 5.74) is 1.76. The molecule has 2 aromatic carbocycles. The van der Waals surface area contributed by atoms with Gasteiger partial charge in [0.25, 0.3) is 0 Å². The lowest BCUT2D eigenvalue weighted by Crippen LogP contribution is -2.10. The molecule has 0 aliphatic rings. The number of aromatic nitrogens is 4. The van der Waals surface area contributed by atoms with E-state index in [2.05, 4.69) is 25.4 Å². The van der Waals surface area contributed by atoms with Crippen molar-refractivity contribution in [2.24, 2.45) is 0 Å². The highest BCUT2D eigenvalue weighted by Crippen LogP contribution is 2.24. The van der Waals surface area contributed by atoms with Gasteiger partial charge in [-0.1, -0.05) is 35.5 Å². The molecule has 0 saturated carbocycles. The number of fused-ring (bicyclic) bond motifs is 1. The van der Waals surface area contributed by atoms with Crippen molar-refractivity contribution in [3.8, 4) is 0 Å². The monoisotopic (exact) mass is 349 g/mol. The molecule has 1 atom stereocenters. The molecule has 0 fully saturated rings. The van der Waals surface area contributed by atoms with E-state index < -0.39 is 0 Å². The zero-order chi connectivity index (χ0) is 17.9. The van der Waals surface area contributed by atoms with Crippen molar-refractivity contribution < 1.29 is 8.91 Å². The van der Waals surface area contributed by atoms with Crippen LogP contribution in [0.25, 0.3) is 10.9 Å². The van der Waals surface area contributed by atoms with E-state index >= 15 is 0 Å². The minimum Gasteiger partial charge on any atom is -0.360 e. The first-order valence-electron chi connectivity index (χ1n) is 8.22. The maximum Gasteiger partial charge on any atom is 0.231 e. The molecule has 2 heterocycles. The Kier molecular flexibility index (Phi) is 4.27. The van der Waals surface area contributed by atoms with Crippen LogP contribution in [0.15, 0.2) is 59.4 Å². The lowest BCUT2D eigenvalue weighted by atomic mass is 10.1. The number of hydrogen-bond acceptors (Lipinski definition) is 6. The maximum atomic E-state index is 13.6. The van der Waals surface area contributed by atoms with Crippen molar-refractivity contribution in [1.82, 2.24) is 20.1 Å². The number of nitrogens with one attached hydrogen (secondary N) is 1. The molecule has 4 rings (SSSR count). The fourth-order valence-electron chi connectivity index (χ4n) is 2.70. The smallest absolute Gasteiger partial charge is 0.231 e. The molecule has 26 heavy (non-hydrogen) atoms. The number of rotatable bonds is 5. The highest BCUT2D eigenvalue weighted by Gasteiger charge is 2.16. The Labute approximate surface area is 149 Å². The van der Waals surface area contributed by atoms with E-state index in [1.807, 2.05) is 37.3 Å². The average Bonchev–Trinajstić information content (AvgIpc) is 3.12. The fraction of sp³-hybridized carbons (Fsp3) is 0.158. The number of nitrogens with zero attached hydrogens (tertiary/aromatic N) is 4. The molecule has 0 saturated heterocycles. The first-order chi connectivity index (χ1) is 12.7. The summed E-state index contributed by atoms with van der Waals surface area (Å²) in [6.07, 6.45) is 2.01. The van der Waals surface area contributed by atoms with Gasteiger partial charge in [-0.15, -0.1) is 0 Å². The zero-order valence-electron chi connectivity index (χ0n) is 14.1. The quantitative estimate of drug-likeness (QED) is 0.588. The van der Waals surface area contributed by atoms with Gasteiger partial charge in [-0.25, -0.2) is 14.4 Å². The fourth-order valence-corrected chi connectivity index (χ4v) is 2.70. The molecular weight excluding hydrogens is 333 g/mol. The van der Waals surface area contributed by atoms with Gasteiger partial charge in [0.05, 0.1) is 18.0 Å². The SMILES string of the molecule is C[C@H](Nc1ncnc2ccc(F)cc12)c1noc(Cc2ccccc2)n1. The lowest BCUT2D eigenvalue weighted by Gasteiger charge is -2.12. The Morgan fingerprint density at radius 3 is 2.81 bits per heavy atom. The molecule has 1 N–H and O–H groups in total. The van der Waals surface area contributed by atoms with Gasteiger partial charge in [-0.05, 0) is 30.7 Å². The minimum atomic E-state index is -0.340. The molecule has 0 aliphatic heterocycles. The Morgan fingerprint density at radius 2 is 1.96 bits per heavy atom. The van der Waals surface area contributed by atoms with Gasteiger partial charge >= 0.3 is 0 Å². The summed E-state index contributed by atoms with van der Waals surface area (Å²) in [4.78, 5) is 12.8. The molecule has 2 aromatic heterocycles. The summed E-state index contributed by atoms with van der Waals surface area (Å²) in [6, 6.07) is 14.0. The summed E-state index contributed by atoms with van der Waals surface area (Å²) in [5, 5.41) is 7.85. The number of benzene rings is 2. The van der Waals surface area contributed by atoms with Gasteiger partial charge in [0, 0.05) is 5.39 Å². The van der Waals surface area contributed by atoms with E-state index in [-0.39, 0.29) is 11.9 Å². The van der Waals surface area contributed by atoms with Gasteiger partial charge in [0.2, 0.25) is 5.89 Å². The molecule has 0 radical (unpaired) electrons. The standard InChI is InChI=1S/C19H16FN5O/c1-12(18-24-17(26-25-18)9-13-5-3-2-4-6-13)23-19-15-10-14(20)7-8-16(15)21-11-22-19/h2-8,10-12H,9H2,1H3,(H,21,22,23)/t12-/m0/s1. The number of hydrogen-bond donors (Lipinski definition) is 1. The van der Waals surface area contributed by atoms with Gasteiger partial charge in [0.15, 0.2) is 5.82 Å².